The van der Waals surface area contributed by atoms with Crippen LogP contribution < -0.4 is 10.6 Å². The van der Waals surface area contributed by atoms with Crippen molar-refractivity contribution in [2.75, 3.05) is 20.1 Å². The highest BCUT2D eigenvalue weighted by atomic mass is 15.2. The Hall–Kier alpha value is -3.35. The van der Waals surface area contributed by atoms with Crippen LogP contribution in [0.25, 0.3) is 16.6 Å². The molecule has 0 amide bonds. The quantitative estimate of drug-likeness (QED) is 0.357. The van der Waals surface area contributed by atoms with E-state index < -0.39 is 0 Å². The zero-order chi connectivity index (χ0) is 19.3. The minimum absolute atomic E-state index is 0.738. The van der Waals surface area contributed by atoms with Crippen molar-refractivity contribution in [3.05, 3.63) is 65.7 Å². The first-order valence-corrected chi connectivity index (χ1v) is 9.54. The van der Waals surface area contributed by atoms with Gasteiger partial charge in [0.1, 0.15) is 5.82 Å². The van der Waals surface area contributed by atoms with Crippen molar-refractivity contribution < 1.29 is 0 Å². The molecular weight excluding hydrogens is 350 g/mol. The fraction of sp³-hybridized carbons (Fsp3) is 0.286. The predicted molar refractivity (Wildman–Crippen MR) is 113 cm³/mol. The molecule has 4 aromatic rings. The lowest BCUT2D eigenvalue weighted by Gasteiger charge is -2.11. The van der Waals surface area contributed by atoms with Crippen LogP contribution in [0.3, 0.4) is 0 Å². The molecule has 0 saturated carbocycles. The van der Waals surface area contributed by atoms with E-state index in [2.05, 4.69) is 62.1 Å². The van der Waals surface area contributed by atoms with E-state index in [4.69, 9.17) is 0 Å². The Kier molecular flexibility index (Phi) is 5.23. The Morgan fingerprint density at radius 1 is 1.11 bits per heavy atom. The van der Waals surface area contributed by atoms with Gasteiger partial charge in [0.25, 0.3) is 0 Å². The molecule has 28 heavy (non-hydrogen) atoms. The van der Waals surface area contributed by atoms with Gasteiger partial charge in [0.2, 0.25) is 0 Å². The Morgan fingerprint density at radius 3 is 2.82 bits per heavy atom. The van der Waals surface area contributed by atoms with Crippen LogP contribution in [0.5, 0.6) is 0 Å². The van der Waals surface area contributed by atoms with E-state index in [1.165, 1.54) is 22.0 Å². The summed E-state index contributed by atoms with van der Waals surface area (Å²) in [6.45, 7) is 3.66. The van der Waals surface area contributed by atoms with E-state index in [9.17, 15) is 0 Å². The second kappa shape index (κ2) is 8.12. The van der Waals surface area contributed by atoms with Crippen molar-refractivity contribution in [2.45, 2.75) is 19.8 Å². The van der Waals surface area contributed by atoms with Gasteiger partial charge in [-0.25, -0.2) is 0 Å². The first kappa shape index (κ1) is 18.0. The van der Waals surface area contributed by atoms with Gasteiger partial charge in [0, 0.05) is 49.9 Å². The third kappa shape index (κ3) is 3.83. The fourth-order valence-electron chi connectivity index (χ4n) is 3.40. The van der Waals surface area contributed by atoms with Crippen LogP contribution in [0.1, 0.15) is 17.0 Å². The maximum Gasteiger partial charge on any atom is 0.191 e. The molecule has 0 spiro atoms. The normalized spacial score (nSPS) is 12.0. The summed E-state index contributed by atoms with van der Waals surface area (Å²) in [4.78, 5) is 7.66. The molecule has 0 fully saturated rings. The molecule has 144 valence electrons. The maximum atomic E-state index is 4.31. The van der Waals surface area contributed by atoms with Gasteiger partial charge in [-0.3, -0.25) is 9.39 Å². The Balaban J connectivity index is 1.28. The number of nitrogens with zero attached hydrogens (tertiary/aromatic N) is 4. The van der Waals surface area contributed by atoms with Gasteiger partial charge in [0.15, 0.2) is 11.6 Å². The summed E-state index contributed by atoms with van der Waals surface area (Å²) in [5.74, 6) is 1.73. The molecule has 0 atom stereocenters. The van der Waals surface area contributed by atoms with Crippen molar-refractivity contribution in [3.8, 4) is 0 Å². The summed E-state index contributed by atoms with van der Waals surface area (Å²) < 4.78 is 2.01. The summed E-state index contributed by atoms with van der Waals surface area (Å²) in [6, 6.07) is 12.4. The number of benzene rings is 1. The van der Waals surface area contributed by atoms with Gasteiger partial charge in [0.05, 0.1) is 0 Å². The molecule has 3 N–H and O–H groups in total. The van der Waals surface area contributed by atoms with Crippen LogP contribution >= 0.6 is 0 Å². The second-order valence-electron chi connectivity index (χ2n) is 6.83. The van der Waals surface area contributed by atoms with E-state index in [0.29, 0.717) is 0 Å². The van der Waals surface area contributed by atoms with Crippen molar-refractivity contribution in [2.24, 2.45) is 4.99 Å². The predicted octanol–water partition coefficient (Wildman–Crippen LogP) is 2.47. The minimum atomic E-state index is 0.738. The van der Waals surface area contributed by atoms with Crippen LogP contribution in [-0.2, 0) is 12.8 Å². The number of aryl methyl sites for hydroxylation is 1. The van der Waals surface area contributed by atoms with Crippen LogP contribution in [0.4, 0.5) is 0 Å². The van der Waals surface area contributed by atoms with E-state index in [1.807, 2.05) is 28.8 Å². The Bertz CT molecular complexity index is 1110. The number of H-pyrrole nitrogens is 1. The number of pyridine rings is 1. The van der Waals surface area contributed by atoms with Gasteiger partial charge < -0.3 is 15.6 Å². The Morgan fingerprint density at radius 2 is 1.96 bits per heavy atom. The number of fused-ring (bicyclic) bond motifs is 2. The number of nitrogens with one attached hydrogen (secondary N) is 3. The molecule has 0 aliphatic heterocycles. The molecule has 0 aliphatic carbocycles. The SMILES string of the molecule is CN=C(NCCc1c[nH]c2cc(C)ccc12)NCCc1nnc2ccccn12. The molecule has 0 bridgehead atoms. The van der Waals surface area contributed by atoms with Gasteiger partial charge in [-0.1, -0.05) is 18.2 Å². The molecule has 7 nitrogen and oxygen atoms in total. The summed E-state index contributed by atoms with van der Waals surface area (Å²) >= 11 is 0. The second-order valence-corrected chi connectivity index (χ2v) is 6.83. The molecule has 3 heterocycles. The van der Waals surface area contributed by atoms with Gasteiger partial charge in [-0.15, -0.1) is 10.2 Å². The first-order valence-electron chi connectivity index (χ1n) is 9.54. The lowest BCUT2D eigenvalue weighted by molar-refractivity contribution is 0.757. The molecule has 0 unspecified atom stereocenters. The molecular formula is C21H25N7. The molecule has 0 saturated heterocycles. The monoisotopic (exact) mass is 375 g/mol. The average Bonchev–Trinajstić information content (AvgIpc) is 3.31. The third-order valence-electron chi connectivity index (χ3n) is 4.86. The van der Waals surface area contributed by atoms with E-state index in [1.54, 1.807) is 7.05 Å². The number of rotatable bonds is 6. The Labute approximate surface area is 163 Å². The van der Waals surface area contributed by atoms with Crippen LogP contribution in [0.15, 0.2) is 53.8 Å². The lowest BCUT2D eigenvalue weighted by Crippen LogP contribution is -2.39. The number of guanidine groups is 1. The largest absolute Gasteiger partial charge is 0.361 e. The van der Waals surface area contributed by atoms with Crippen molar-refractivity contribution in [1.82, 2.24) is 30.2 Å². The number of hydrogen-bond donors (Lipinski definition) is 3. The number of aromatic nitrogens is 4. The number of aliphatic imine (C=N–C) groups is 1. The zero-order valence-corrected chi connectivity index (χ0v) is 16.2. The van der Waals surface area contributed by atoms with E-state index in [0.717, 1.165) is 43.4 Å². The lowest BCUT2D eigenvalue weighted by atomic mass is 10.1. The summed E-state index contributed by atoms with van der Waals surface area (Å²) in [5, 5.41) is 16.5. The first-order chi connectivity index (χ1) is 13.7. The van der Waals surface area contributed by atoms with Crippen molar-refractivity contribution in [1.29, 1.82) is 0 Å². The smallest absolute Gasteiger partial charge is 0.191 e. The van der Waals surface area contributed by atoms with Crippen molar-refractivity contribution in [3.63, 3.8) is 0 Å². The standard InChI is InChI=1S/C21H25N7/c1-15-6-7-17-16(14-25-18(17)13-15)8-10-23-21(22-2)24-11-9-20-27-26-19-5-3-4-12-28(19)20/h3-7,12-14,25H,8-11H2,1-2H3,(H2,22,23,24). The maximum absolute atomic E-state index is 4.31. The van der Waals surface area contributed by atoms with Gasteiger partial charge in [-0.2, -0.15) is 0 Å². The zero-order valence-electron chi connectivity index (χ0n) is 16.2. The van der Waals surface area contributed by atoms with Crippen LogP contribution in [0.2, 0.25) is 0 Å². The summed E-state index contributed by atoms with van der Waals surface area (Å²) in [7, 11) is 1.79. The molecule has 0 aliphatic rings. The van der Waals surface area contributed by atoms with E-state index >= 15 is 0 Å². The third-order valence-corrected chi connectivity index (χ3v) is 4.86. The topological polar surface area (TPSA) is 82.4 Å². The minimum Gasteiger partial charge on any atom is -0.361 e. The van der Waals surface area contributed by atoms with Gasteiger partial charge >= 0.3 is 0 Å². The fourth-order valence-corrected chi connectivity index (χ4v) is 3.40. The summed E-state index contributed by atoms with van der Waals surface area (Å²) in [5.41, 5.74) is 4.64. The highest BCUT2D eigenvalue weighted by molar-refractivity contribution is 5.84. The molecule has 1 aromatic carbocycles. The van der Waals surface area contributed by atoms with Gasteiger partial charge in [-0.05, 0) is 42.7 Å². The highest BCUT2D eigenvalue weighted by Crippen LogP contribution is 2.19. The molecule has 7 heteroatoms. The number of aromatic amines is 1. The highest BCUT2D eigenvalue weighted by Gasteiger charge is 2.06. The van der Waals surface area contributed by atoms with Crippen LogP contribution in [-0.4, -0.2) is 45.7 Å². The van der Waals surface area contributed by atoms with E-state index in [-0.39, 0.29) is 0 Å². The molecule has 0 radical (unpaired) electrons. The van der Waals surface area contributed by atoms with Crippen molar-refractivity contribution >= 4 is 22.5 Å². The molecule has 4 rings (SSSR count). The van der Waals surface area contributed by atoms with Crippen LogP contribution in [0, 0.1) is 6.92 Å². The average molecular weight is 375 g/mol. The summed E-state index contributed by atoms with van der Waals surface area (Å²) in [6.07, 6.45) is 5.78. The molecule has 3 aromatic heterocycles. The number of hydrogen-bond acceptors (Lipinski definition) is 3.